The van der Waals surface area contributed by atoms with Gasteiger partial charge in [-0.15, -0.1) is 0 Å². The Kier molecular flexibility index (Phi) is 8.65. The zero-order valence-corrected chi connectivity index (χ0v) is 15.3. The van der Waals surface area contributed by atoms with Crippen molar-refractivity contribution in [2.45, 2.75) is 46.5 Å². The van der Waals surface area contributed by atoms with Crippen molar-refractivity contribution in [1.29, 1.82) is 0 Å². The van der Waals surface area contributed by atoms with E-state index in [1.165, 1.54) is 12.1 Å². The summed E-state index contributed by atoms with van der Waals surface area (Å²) in [5, 5.41) is 23.8. The molecule has 25 heavy (non-hydrogen) atoms. The first kappa shape index (κ1) is 21.2. The fourth-order valence-electron chi connectivity index (χ4n) is 2.07. The topological polar surface area (TPSA) is 98.7 Å². The van der Waals surface area contributed by atoms with Crippen LogP contribution in [0.2, 0.25) is 0 Å². The fraction of sp³-hybridized carbons (Fsp3) is 0.556. The van der Waals surface area contributed by atoms with Gasteiger partial charge in [0.05, 0.1) is 0 Å². The van der Waals surface area contributed by atoms with Crippen LogP contribution in [0.1, 0.15) is 56.8 Å². The molecule has 0 aliphatic rings. The molecule has 6 nitrogen and oxygen atoms in total. The monoisotopic (exact) mass is 348 g/mol. The van der Waals surface area contributed by atoms with Gasteiger partial charge < -0.3 is 20.7 Å². The number of carbonyl (C=O) groups is 2. The van der Waals surface area contributed by atoms with Crippen LogP contribution in [-0.4, -0.2) is 42.1 Å². The van der Waals surface area contributed by atoms with E-state index in [-0.39, 0.29) is 17.2 Å². The van der Waals surface area contributed by atoms with Gasteiger partial charge in [0.25, 0.3) is 5.91 Å². The normalized spacial score (nSPS) is 11.1. The Morgan fingerprint density at radius 1 is 1.08 bits per heavy atom. The van der Waals surface area contributed by atoms with Crippen molar-refractivity contribution in [3.8, 4) is 0 Å². The number of hydrogen-bond donors (Lipinski definition) is 4. The summed E-state index contributed by atoms with van der Waals surface area (Å²) < 4.78 is 0. The van der Waals surface area contributed by atoms with E-state index in [4.69, 9.17) is 10.0 Å². The van der Waals surface area contributed by atoms with Crippen LogP contribution >= 0.6 is 0 Å². The lowest BCUT2D eigenvalue weighted by molar-refractivity contribution is -0.121. The van der Waals surface area contributed by atoms with Crippen LogP contribution in [-0.2, 0) is 4.79 Å². The van der Waals surface area contributed by atoms with Gasteiger partial charge in [0.1, 0.15) is 0 Å². The van der Waals surface area contributed by atoms with Gasteiger partial charge in [0, 0.05) is 25.1 Å². The van der Waals surface area contributed by atoms with Crippen LogP contribution in [0.5, 0.6) is 0 Å². The SMILES string of the molecule is CCC(C)(C)CNC(=O)CCCCNC(=O)c1ccc(B(O)O)cc1. The third-order valence-electron chi connectivity index (χ3n) is 4.31. The number of carbonyl (C=O) groups excluding carboxylic acids is 2. The summed E-state index contributed by atoms with van der Waals surface area (Å²) in [6.07, 6.45) is 2.91. The Hall–Kier alpha value is -1.86. The predicted molar refractivity (Wildman–Crippen MR) is 99.5 cm³/mol. The molecule has 1 aromatic carbocycles. The van der Waals surface area contributed by atoms with Crippen molar-refractivity contribution < 1.29 is 19.6 Å². The average molecular weight is 348 g/mol. The molecule has 1 rings (SSSR count). The molecule has 0 heterocycles. The van der Waals surface area contributed by atoms with E-state index in [2.05, 4.69) is 31.4 Å². The van der Waals surface area contributed by atoms with Gasteiger partial charge in [-0.05, 0) is 42.3 Å². The molecule has 0 radical (unpaired) electrons. The Labute approximate surface area is 150 Å². The molecule has 0 atom stereocenters. The van der Waals surface area contributed by atoms with Crippen molar-refractivity contribution in [3.05, 3.63) is 29.8 Å². The van der Waals surface area contributed by atoms with Crippen molar-refractivity contribution in [2.75, 3.05) is 13.1 Å². The van der Waals surface area contributed by atoms with Crippen molar-refractivity contribution in [2.24, 2.45) is 5.41 Å². The van der Waals surface area contributed by atoms with Gasteiger partial charge in [0.2, 0.25) is 5.91 Å². The van der Waals surface area contributed by atoms with Gasteiger partial charge in [-0.1, -0.05) is 32.9 Å². The molecule has 0 aromatic heterocycles. The van der Waals surface area contributed by atoms with Gasteiger partial charge in [0.15, 0.2) is 0 Å². The Balaban J connectivity index is 2.20. The number of benzene rings is 1. The van der Waals surface area contributed by atoms with Crippen LogP contribution in [0.4, 0.5) is 0 Å². The molecule has 138 valence electrons. The molecule has 0 aliphatic heterocycles. The minimum absolute atomic E-state index is 0.0472. The molecule has 0 saturated heterocycles. The van der Waals surface area contributed by atoms with Crippen LogP contribution in [0.15, 0.2) is 24.3 Å². The van der Waals surface area contributed by atoms with E-state index in [0.717, 1.165) is 12.8 Å². The molecule has 0 bridgehead atoms. The van der Waals surface area contributed by atoms with Crippen LogP contribution in [0.25, 0.3) is 0 Å². The molecule has 2 amide bonds. The van der Waals surface area contributed by atoms with Gasteiger partial charge in [-0.3, -0.25) is 9.59 Å². The molecule has 4 N–H and O–H groups in total. The smallest absolute Gasteiger partial charge is 0.423 e. The minimum atomic E-state index is -1.54. The maximum atomic E-state index is 12.0. The highest BCUT2D eigenvalue weighted by atomic mass is 16.4. The predicted octanol–water partition coefficient (Wildman–Crippen LogP) is 0.819. The second-order valence-corrected chi connectivity index (χ2v) is 7.00. The van der Waals surface area contributed by atoms with Crippen molar-refractivity contribution in [1.82, 2.24) is 10.6 Å². The molecule has 7 heteroatoms. The first-order chi connectivity index (χ1) is 11.7. The summed E-state index contributed by atoms with van der Waals surface area (Å²) in [5.74, 6) is -0.167. The first-order valence-electron chi connectivity index (χ1n) is 8.76. The fourth-order valence-corrected chi connectivity index (χ4v) is 2.07. The second kappa shape index (κ2) is 10.2. The zero-order chi connectivity index (χ0) is 18.9. The maximum Gasteiger partial charge on any atom is 0.488 e. The Morgan fingerprint density at radius 2 is 1.72 bits per heavy atom. The first-order valence-corrected chi connectivity index (χ1v) is 8.76. The number of rotatable bonds is 10. The molecular formula is C18H29BN2O4. The highest BCUT2D eigenvalue weighted by molar-refractivity contribution is 6.58. The average Bonchev–Trinajstić information content (AvgIpc) is 2.59. The third kappa shape index (κ3) is 8.18. The van der Waals surface area contributed by atoms with Crippen LogP contribution in [0.3, 0.4) is 0 Å². The Morgan fingerprint density at radius 3 is 2.28 bits per heavy atom. The van der Waals surface area contributed by atoms with Gasteiger partial charge in [-0.25, -0.2) is 0 Å². The lowest BCUT2D eigenvalue weighted by Crippen LogP contribution is -2.33. The number of nitrogens with one attached hydrogen (secondary N) is 2. The molecule has 0 aliphatic carbocycles. The van der Waals surface area contributed by atoms with E-state index >= 15 is 0 Å². The van der Waals surface area contributed by atoms with E-state index < -0.39 is 7.12 Å². The van der Waals surface area contributed by atoms with E-state index in [9.17, 15) is 9.59 Å². The maximum absolute atomic E-state index is 12.0. The lowest BCUT2D eigenvalue weighted by Gasteiger charge is -2.22. The molecule has 1 aromatic rings. The highest BCUT2D eigenvalue weighted by Gasteiger charge is 2.16. The van der Waals surface area contributed by atoms with Crippen molar-refractivity contribution >= 4 is 24.4 Å². The van der Waals surface area contributed by atoms with Gasteiger partial charge in [-0.2, -0.15) is 0 Å². The summed E-state index contributed by atoms with van der Waals surface area (Å²) >= 11 is 0. The Bertz CT molecular complexity index is 559. The number of amides is 2. The molecule has 0 spiro atoms. The number of unbranched alkanes of at least 4 members (excludes halogenated alkanes) is 1. The lowest BCUT2D eigenvalue weighted by atomic mass is 9.80. The quantitative estimate of drug-likeness (QED) is 0.372. The summed E-state index contributed by atoms with van der Waals surface area (Å²) in [4.78, 5) is 23.7. The molecule has 0 fully saturated rings. The zero-order valence-electron chi connectivity index (χ0n) is 15.3. The van der Waals surface area contributed by atoms with Crippen LogP contribution in [0, 0.1) is 5.41 Å². The minimum Gasteiger partial charge on any atom is -0.423 e. The molecule has 0 unspecified atom stereocenters. The number of hydrogen-bond acceptors (Lipinski definition) is 4. The second-order valence-electron chi connectivity index (χ2n) is 7.00. The largest absolute Gasteiger partial charge is 0.488 e. The van der Waals surface area contributed by atoms with Gasteiger partial charge >= 0.3 is 7.12 Å². The standard InChI is InChI=1S/C18H29BN2O4/c1-4-18(2,3)13-21-16(22)7-5-6-12-20-17(23)14-8-10-15(11-9-14)19(24)25/h8-11,24-25H,4-7,12-13H2,1-3H3,(H,20,23)(H,21,22). The molecular weight excluding hydrogens is 319 g/mol. The van der Waals surface area contributed by atoms with Crippen LogP contribution < -0.4 is 16.1 Å². The van der Waals surface area contributed by atoms with E-state index in [0.29, 0.717) is 37.0 Å². The third-order valence-corrected chi connectivity index (χ3v) is 4.31. The highest BCUT2D eigenvalue weighted by Crippen LogP contribution is 2.17. The molecule has 0 saturated carbocycles. The summed E-state index contributed by atoms with van der Waals surface area (Å²) in [7, 11) is -1.54. The van der Waals surface area contributed by atoms with Crippen molar-refractivity contribution in [3.63, 3.8) is 0 Å². The summed E-state index contributed by atoms with van der Waals surface area (Å²) in [6, 6.07) is 6.10. The van der Waals surface area contributed by atoms with E-state index in [1.54, 1.807) is 12.1 Å². The summed E-state index contributed by atoms with van der Waals surface area (Å²) in [5.41, 5.74) is 0.920. The summed E-state index contributed by atoms with van der Waals surface area (Å²) in [6.45, 7) is 7.52. The van der Waals surface area contributed by atoms with E-state index in [1.807, 2.05) is 0 Å².